The number of rotatable bonds is 3. The molecule has 0 saturated heterocycles. The van der Waals surface area contributed by atoms with Crippen LogP contribution in [-0.4, -0.2) is 23.4 Å². The van der Waals surface area contributed by atoms with Gasteiger partial charge in [0.1, 0.15) is 0 Å². The number of nitrogens with two attached hydrogens (primary N) is 1. The molecule has 0 aliphatic rings. The van der Waals surface area contributed by atoms with E-state index in [9.17, 15) is 13.2 Å². The van der Waals surface area contributed by atoms with Gasteiger partial charge in [-0.05, 0) is 20.3 Å². The maximum absolute atomic E-state index is 12.2. The van der Waals surface area contributed by atoms with E-state index in [2.05, 4.69) is 0 Å². The normalized spacial score (nSPS) is 16.2. The molecule has 74 valence electrons. The first-order chi connectivity index (χ1) is 5.19. The number of hydrogen-bond donors (Lipinski definition) is 2. The predicted molar refractivity (Wildman–Crippen MR) is 39.5 cm³/mol. The zero-order valence-corrected chi connectivity index (χ0v) is 7.15. The minimum absolute atomic E-state index is 0.340. The molecule has 1 unspecified atom stereocenters. The van der Waals surface area contributed by atoms with Crippen LogP contribution in [0.1, 0.15) is 20.3 Å². The summed E-state index contributed by atoms with van der Waals surface area (Å²) in [5.74, 6) is -1.64. The van der Waals surface area contributed by atoms with Crippen molar-refractivity contribution < 1.29 is 18.3 Å². The highest BCUT2D eigenvalue weighted by Gasteiger charge is 2.46. The standard InChI is InChI=1S/C7H14F3NO/c1-6(2,11)5(3-4-12)7(8,9)10/h5,12H,3-4,11H2,1-2H3. The monoisotopic (exact) mass is 185 g/mol. The number of alkyl halides is 3. The summed E-state index contributed by atoms with van der Waals surface area (Å²) in [7, 11) is 0. The molecule has 0 amide bonds. The maximum atomic E-state index is 12.2. The van der Waals surface area contributed by atoms with Crippen LogP contribution in [0.4, 0.5) is 13.2 Å². The second kappa shape index (κ2) is 3.62. The van der Waals surface area contributed by atoms with Crippen molar-refractivity contribution in [2.75, 3.05) is 6.61 Å². The van der Waals surface area contributed by atoms with Crippen LogP contribution in [0.2, 0.25) is 0 Å². The van der Waals surface area contributed by atoms with Crippen molar-refractivity contribution in [2.45, 2.75) is 32.0 Å². The van der Waals surface area contributed by atoms with Gasteiger partial charge in [-0.3, -0.25) is 0 Å². The van der Waals surface area contributed by atoms with Gasteiger partial charge in [0.15, 0.2) is 0 Å². The lowest BCUT2D eigenvalue weighted by atomic mass is 9.85. The first kappa shape index (κ1) is 11.7. The molecular weight excluding hydrogens is 171 g/mol. The van der Waals surface area contributed by atoms with E-state index in [1.807, 2.05) is 0 Å². The molecule has 0 heterocycles. The van der Waals surface area contributed by atoms with Crippen molar-refractivity contribution in [3.63, 3.8) is 0 Å². The molecule has 0 saturated carbocycles. The zero-order valence-electron chi connectivity index (χ0n) is 7.15. The van der Waals surface area contributed by atoms with Crippen molar-refractivity contribution in [2.24, 2.45) is 11.7 Å². The molecule has 0 fully saturated rings. The van der Waals surface area contributed by atoms with Crippen LogP contribution in [0.3, 0.4) is 0 Å². The summed E-state index contributed by atoms with van der Waals surface area (Å²) in [5, 5.41) is 8.41. The van der Waals surface area contributed by atoms with Crippen LogP contribution in [0, 0.1) is 5.92 Å². The van der Waals surface area contributed by atoms with Gasteiger partial charge in [-0.25, -0.2) is 0 Å². The Kier molecular flexibility index (Phi) is 3.53. The fourth-order valence-corrected chi connectivity index (χ4v) is 1.09. The van der Waals surface area contributed by atoms with Crippen LogP contribution < -0.4 is 5.73 Å². The van der Waals surface area contributed by atoms with Gasteiger partial charge in [-0.2, -0.15) is 13.2 Å². The van der Waals surface area contributed by atoms with E-state index < -0.39 is 24.2 Å². The Bertz CT molecular complexity index is 125. The third-order valence-electron chi connectivity index (χ3n) is 1.71. The van der Waals surface area contributed by atoms with E-state index in [1.54, 1.807) is 0 Å². The Morgan fingerprint density at radius 1 is 1.33 bits per heavy atom. The summed E-state index contributed by atoms with van der Waals surface area (Å²) in [4.78, 5) is 0. The third-order valence-corrected chi connectivity index (χ3v) is 1.71. The van der Waals surface area contributed by atoms with Crippen LogP contribution in [-0.2, 0) is 0 Å². The van der Waals surface area contributed by atoms with Crippen molar-refractivity contribution in [3.05, 3.63) is 0 Å². The van der Waals surface area contributed by atoms with Gasteiger partial charge in [-0.15, -0.1) is 0 Å². The van der Waals surface area contributed by atoms with E-state index in [1.165, 1.54) is 13.8 Å². The van der Waals surface area contributed by atoms with Crippen molar-refractivity contribution in [1.29, 1.82) is 0 Å². The molecule has 12 heavy (non-hydrogen) atoms. The Balaban J connectivity index is 4.45. The zero-order chi connectivity index (χ0) is 9.99. The highest BCUT2D eigenvalue weighted by Crippen LogP contribution is 2.35. The minimum Gasteiger partial charge on any atom is -0.396 e. The van der Waals surface area contributed by atoms with Gasteiger partial charge in [0.2, 0.25) is 0 Å². The van der Waals surface area contributed by atoms with Gasteiger partial charge in [0.25, 0.3) is 0 Å². The molecule has 2 nitrogen and oxygen atoms in total. The maximum Gasteiger partial charge on any atom is 0.393 e. The topological polar surface area (TPSA) is 46.2 Å². The van der Waals surface area contributed by atoms with E-state index in [0.29, 0.717) is 0 Å². The van der Waals surface area contributed by atoms with E-state index in [-0.39, 0.29) is 6.42 Å². The summed E-state index contributed by atoms with van der Waals surface area (Å²) in [6.07, 6.45) is -4.67. The number of aliphatic hydroxyl groups is 1. The summed E-state index contributed by atoms with van der Waals surface area (Å²) in [6, 6.07) is 0. The van der Waals surface area contributed by atoms with Gasteiger partial charge in [0.05, 0.1) is 5.92 Å². The smallest absolute Gasteiger partial charge is 0.393 e. The highest BCUT2D eigenvalue weighted by atomic mass is 19.4. The molecule has 0 spiro atoms. The average molecular weight is 185 g/mol. The fourth-order valence-electron chi connectivity index (χ4n) is 1.09. The quantitative estimate of drug-likeness (QED) is 0.695. The Morgan fingerprint density at radius 3 is 1.83 bits per heavy atom. The van der Waals surface area contributed by atoms with Gasteiger partial charge < -0.3 is 10.8 Å². The van der Waals surface area contributed by atoms with Crippen molar-refractivity contribution in [1.82, 2.24) is 0 Å². The lowest BCUT2D eigenvalue weighted by molar-refractivity contribution is -0.193. The fraction of sp³-hybridized carbons (Fsp3) is 1.00. The summed E-state index contributed by atoms with van der Waals surface area (Å²) in [5.41, 5.74) is 3.99. The highest BCUT2D eigenvalue weighted by molar-refractivity contribution is 4.86. The number of hydrogen-bond acceptors (Lipinski definition) is 2. The van der Waals surface area contributed by atoms with Gasteiger partial charge >= 0.3 is 6.18 Å². The second-order valence-corrected chi connectivity index (χ2v) is 3.43. The van der Waals surface area contributed by atoms with Crippen molar-refractivity contribution >= 4 is 0 Å². The average Bonchev–Trinajstić information content (AvgIpc) is 1.77. The number of halogens is 3. The molecule has 3 N–H and O–H groups in total. The van der Waals surface area contributed by atoms with E-state index in [4.69, 9.17) is 10.8 Å². The molecule has 0 radical (unpaired) electrons. The lowest BCUT2D eigenvalue weighted by Gasteiger charge is -2.31. The SMILES string of the molecule is CC(C)(N)C(CCO)C(F)(F)F. The first-order valence-corrected chi connectivity index (χ1v) is 3.66. The molecule has 1 atom stereocenters. The van der Waals surface area contributed by atoms with Crippen LogP contribution in [0.25, 0.3) is 0 Å². The summed E-state index contributed by atoms with van der Waals surface area (Å²) < 4.78 is 36.6. The second-order valence-electron chi connectivity index (χ2n) is 3.43. The van der Waals surface area contributed by atoms with E-state index in [0.717, 1.165) is 0 Å². The largest absolute Gasteiger partial charge is 0.396 e. The van der Waals surface area contributed by atoms with Gasteiger partial charge in [0, 0.05) is 12.1 Å². The van der Waals surface area contributed by atoms with E-state index >= 15 is 0 Å². The van der Waals surface area contributed by atoms with Crippen molar-refractivity contribution in [3.8, 4) is 0 Å². The molecule has 0 bridgehead atoms. The number of aliphatic hydroxyl groups excluding tert-OH is 1. The lowest BCUT2D eigenvalue weighted by Crippen LogP contribution is -2.48. The van der Waals surface area contributed by atoms with Gasteiger partial charge in [-0.1, -0.05) is 0 Å². The summed E-state index contributed by atoms with van der Waals surface area (Å²) in [6.45, 7) is 2.12. The molecule has 0 aliphatic carbocycles. The molecule has 5 heteroatoms. The molecule has 0 rings (SSSR count). The molecule has 0 aliphatic heterocycles. The molecule has 0 aromatic carbocycles. The molecule has 0 aromatic rings. The minimum atomic E-state index is -4.33. The first-order valence-electron chi connectivity index (χ1n) is 3.66. The molecule has 0 aromatic heterocycles. The predicted octanol–water partition coefficient (Wildman–Crippen LogP) is 1.28. The third kappa shape index (κ3) is 3.40. The Morgan fingerprint density at radius 2 is 1.75 bits per heavy atom. The van der Waals surface area contributed by atoms with Crippen LogP contribution >= 0.6 is 0 Å². The molecular formula is C7H14F3NO. The Labute approximate surface area is 69.6 Å². The van der Waals surface area contributed by atoms with Crippen LogP contribution in [0.15, 0.2) is 0 Å². The van der Waals surface area contributed by atoms with Crippen LogP contribution in [0.5, 0.6) is 0 Å². The Hall–Kier alpha value is -0.290. The summed E-state index contributed by atoms with van der Waals surface area (Å²) >= 11 is 0.